The molecule has 1 aromatic rings. The van der Waals surface area contributed by atoms with Crippen molar-refractivity contribution in [3.63, 3.8) is 0 Å². The van der Waals surface area contributed by atoms with Gasteiger partial charge in [0.25, 0.3) is 0 Å². The zero-order valence-electron chi connectivity index (χ0n) is 14.0. The molecule has 1 aromatic heterocycles. The van der Waals surface area contributed by atoms with Crippen molar-refractivity contribution in [1.82, 2.24) is 19.8 Å². The van der Waals surface area contributed by atoms with Crippen LogP contribution in [0, 0.1) is 6.92 Å². The van der Waals surface area contributed by atoms with Crippen molar-refractivity contribution in [3.8, 4) is 0 Å². The van der Waals surface area contributed by atoms with Gasteiger partial charge < -0.3 is 14.8 Å². The standard InChI is InChI=1S/C17H26N4O2/c1-13-18-9-11-20(13)12-15(22)21-10-5-8-17(21,2)16(23)19-14-6-3-4-7-14/h9,11,14H,3-8,10,12H2,1-2H3,(H,19,23)/t17-/m0/s1. The molecule has 6 nitrogen and oxygen atoms in total. The molecule has 6 heteroatoms. The number of nitrogens with zero attached hydrogens (tertiary/aromatic N) is 3. The molecule has 1 atom stereocenters. The van der Waals surface area contributed by atoms with Gasteiger partial charge >= 0.3 is 0 Å². The Morgan fingerprint density at radius 1 is 1.35 bits per heavy atom. The molecule has 2 fully saturated rings. The van der Waals surface area contributed by atoms with Crippen LogP contribution in [0.2, 0.25) is 0 Å². The van der Waals surface area contributed by atoms with Gasteiger partial charge in [0.05, 0.1) is 0 Å². The third-order valence-corrected chi connectivity index (χ3v) is 5.35. The molecule has 2 amide bonds. The summed E-state index contributed by atoms with van der Waals surface area (Å²) in [6, 6.07) is 0.285. The van der Waals surface area contributed by atoms with Crippen LogP contribution in [0.1, 0.15) is 51.3 Å². The first-order valence-electron chi connectivity index (χ1n) is 8.60. The first-order valence-corrected chi connectivity index (χ1v) is 8.60. The van der Waals surface area contributed by atoms with Crippen LogP contribution >= 0.6 is 0 Å². The topological polar surface area (TPSA) is 67.2 Å². The van der Waals surface area contributed by atoms with E-state index >= 15 is 0 Å². The van der Waals surface area contributed by atoms with Gasteiger partial charge in [-0.2, -0.15) is 0 Å². The predicted octanol–water partition coefficient (Wildman–Crippen LogP) is 1.63. The van der Waals surface area contributed by atoms with E-state index in [4.69, 9.17) is 0 Å². The quantitative estimate of drug-likeness (QED) is 0.917. The molecule has 2 heterocycles. The fraction of sp³-hybridized carbons (Fsp3) is 0.706. The number of aryl methyl sites for hydroxylation is 1. The molecule has 2 aliphatic rings. The van der Waals surface area contributed by atoms with Gasteiger partial charge in [-0.1, -0.05) is 12.8 Å². The highest BCUT2D eigenvalue weighted by Crippen LogP contribution is 2.30. The fourth-order valence-corrected chi connectivity index (χ4v) is 3.81. The minimum atomic E-state index is -0.714. The highest BCUT2D eigenvalue weighted by atomic mass is 16.2. The number of hydrogen-bond donors (Lipinski definition) is 1. The van der Waals surface area contributed by atoms with Crippen LogP contribution in [0.5, 0.6) is 0 Å². The van der Waals surface area contributed by atoms with Crippen LogP contribution in [-0.4, -0.2) is 44.4 Å². The fourth-order valence-electron chi connectivity index (χ4n) is 3.81. The third-order valence-electron chi connectivity index (χ3n) is 5.35. The van der Waals surface area contributed by atoms with Gasteiger partial charge in [-0.3, -0.25) is 9.59 Å². The molecule has 0 bridgehead atoms. The molecule has 3 rings (SSSR count). The Labute approximate surface area is 137 Å². The summed E-state index contributed by atoms with van der Waals surface area (Å²) in [5.74, 6) is 0.819. The Bertz CT molecular complexity index is 591. The van der Waals surface area contributed by atoms with Gasteiger partial charge in [0, 0.05) is 25.0 Å². The zero-order chi connectivity index (χ0) is 16.4. The summed E-state index contributed by atoms with van der Waals surface area (Å²) in [5, 5.41) is 3.16. The van der Waals surface area contributed by atoms with E-state index in [1.807, 2.05) is 18.4 Å². The molecule has 1 saturated heterocycles. The van der Waals surface area contributed by atoms with E-state index in [-0.39, 0.29) is 24.4 Å². The molecule has 1 N–H and O–H groups in total. The number of carbonyl (C=O) groups excluding carboxylic acids is 2. The second-order valence-electron chi connectivity index (χ2n) is 6.98. The van der Waals surface area contributed by atoms with Crippen LogP contribution in [0.15, 0.2) is 12.4 Å². The minimum Gasteiger partial charge on any atom is -0.351 e. The van der Waals surface area contributed by atoms with Gasteiger partial charge in [0.2, 0.25) is 11.8 Å². The second-order valence-corrected chi connectivity index (χ2v) is 6.98. The van der Waals surface area contributed by atoms with E-state index in [1.54, 1.807) is 17.3 Å². The van der Waals surface area contributed by atoms with Crippen molar-refractivity contribution in [2.75, 3.05) is 6.54 Å². The molecule has 23 heavy (non-hydrogen) atoms. The molecule has 1 saturated carbocycles. The first-order chi connectivity index (χ1) is 11.0. The Balaban J connectivity index is 1.69. The Kier molecular flexibility index (Phi) is 4.41. The van der Waals surface area contributed by atoms with Gasteiger partial charge in [0.1, 0.15) is 17.9 Å². The first kappa shape index (κ1) is 16.0. The molecule has 126 valence electrons. The summed E-state index contributed by atoms with van der Waals surface area (Å²) in [5.41, 5.74) is -0.714. The Morgan fingerprint density at radius 2 is 2.09 bits per heavy atom. The van der Waals surface area contributed by atoms with Crippen molar-refractivity contribution in [2.45, 2.75) is 70.5 Å². The maximum atomic E-state index is 12.8. The molecular weight excluding hydrogens is 292 g/mol. The van der Waals surface area contributed by atoms with E-state index in [0.717, 1.165) is 31.5 Å². The van der Waals surface area contributed by atoms with Crippen molar-refractivity contribution in [2.24, 2.45) is 0 Å². The highest BCUT2D eigenvalue weighted by molar-refractivity contribution is 5.91. The second kappa shape index (κ2) is 6.34. The number of rotatable bonds is 4. The highest BCUT2D eigenvalue weighted by Gasteiger charge is 2.46. The number of amides is 2. The lowest BCUT2D eigenvalue weighted by atomic mass is 9.96. The average Bonchev–Trinajstić information content (AvgIpc) is 3.23. The maximum absolute atomic E-state index is 12.8. The third kappa shape index (κ3) is 3.12. The van der Waals surface area contributed by atoms with Gasteiger partial charge in [-0.05, 0) is 39.5 Å². The number of nitrogens with one attached hydrogen (secondary N) is 1. The summed E-state index contributed by atoms with van der Waals surface area (Å²) in [6.07, 6.45) is 9.60. The molecule has 0 radical (unpaired) electrons. The van der Waals surface area contributed by atoms with Crippen LogP contribution < -0.4 is 5.32 Å². The predicted molar refractivity (Wildman–Crippen MR) is 86.7 cm³/mol. The van der Waals surface area contributed by atoms with Gasteiger partial charge in [-0.15, -0.1) is 0 Å². The molecular formula is C17H26N4O2. The Morgan fingerprint density at radius 3 is 2.74 bits per heavy atom. The molecule has 0 unspecified atom stereocenters. The smallest absolute Gasteiger partial charge is 0.245 e. The summed E-state index contributed by atoms with van der Waals surface area (Å²) in [7, 11) is 0. The van der Waals surface area contributed by atoms with Gasteiger partial charge in [0.15, 0.2) is 0 Å². The van der Waals surface area contributed by atoms with E-state index in [0.29, 0.717) is 6.54 Å². The van der Waals surface area contributed by atoms with Crippen LogP contribution in [0.25, 0.3) is 0 Å². The lowest BCUT2D eigenvalue weighted by Gasteiger charge is -2.35. The monoisotopic (exact) mass is 318 g/mol. The van der Waals surface area contributed by atoms with E-state index < -0.39 is 5.54 Å². The molecule has 0 spiro atoms. The van der Waals surface area contributed by atoms with Crippen molar-refractivity contribution < 1.29 is 9.59 Å². The van der Waals surface area contributed by atoms with Crippen LogP contribution in [0.3, 0.4) is 0 Å². The van der Waals surface area contributed by atoms with Crippen molar-refractivity contribution >= 4 is 11.8 Å². The van der Waals surface area contributed by atoms with E-state index in [9.17, 15) is 9.59 Å². The number of aromatic nitrogens is 2. The summed E-state index contributed by atoms with van der Waals surface area (Å²) < 4.78 is 1.83. The average molecular weight is 318 g/mol. The van der Waals surface area contributed by atoms with Crippen molar-refractivity contribution in [1.29, 1.82) is 0 Å². The summed E-state index contributed by atoms with van der Waals surface area (Å²) in [6.45, 7) is 4.69. The molecule has 0 aromatic carbocycles. The van der Waals surface area contributed by atoms with Gasteiger partial charge in [-0.25, -0.2) is 4.98 Å². The largest absolute Gasteiger partial charge is 0.351 e. The summed E-state index contributed by atoms with van der Waals surface area (Å²) >= 11 is 0. The molecule has 1 aliphatic carbocycles. The van der Waals surface area contributed by atoms with Crippen LogP contribution in [0.4, 0.5) is 0 Å². The zero-order valence-corrected chi connectivity index (χ0v) is 14.0. The van der Waals surface area contributed by atoms with E-state index in [1.165, 1.54) is 12.8 Å². The van der Waals surface area contributed by atoms with Crippen molar-refractivity contribution in [3.05, 3.63) is 18.2 Å². The molecule has 1 aliphatic heterocycles. The number of likely N-dealkylation sites (tertiary alicyclic amines) is 1. The normalized spacial score (nSPS) is 25.0. The Hall–Kier alpha value is -1.85. The summed E-state index contributed by atoms with van der Waals surface area (Å²) in [4.78, 5) is 31.4. The maximum Gasteiger partial charge on any atom is 0.245 e. The van der Waals surface area contributed by atoms with Crippen LogP contribution in [-0.2, 0) is 16.1 Å². The lowest BCUT2D eigenvalue weighted by molar-refractivity contribution is -0.144. The lowest BCUT2D eigenvalue weighted by Crippen LogP contribution is -2.57. The van der Waals surface area contributed by atoms with E-state index in [2.05, 4.69) is 10.3 Å². The number of carbonyl (C=O) groups is 2. The minimum absolute atomic E-state index is 0.00679. The SMILES string of the molecule is Cc1nccn1CC(=O)N1CCC[C@@]1(C)C(=O)NC1CCCC1. The number of hydrogen-bond acceptors (Lipinski definition) is 3. The number of imidazole rings is 1.